The van der Waals surface area contributed by atoms with E-state index in [1.165, 1.54) is 24.3 Å². The topological polar surface area (TPSA) is 168 Å². The Morgan fingerprint density at radius 1 is 0.737 bits per heavy atom. The van der Waals surface area contributed by atoms with Crippen LogP contribution in [0.5, 0.6) is 11.5 Å². The highest BCUT2D eigenvalue weighted by Crippen LogP contribution is 2.49. The lowest BCUT2D eigenvalue weighted by molar-refractivity contribution is -0.143. The highest BCUT2D eigenvalue weighted by atomic mass is 127. The summed E-state index contributed by atoms with van der Waals surface area (Å²) < 4.78 is 12.5. The van der Waals surface area contributed by atoms with Gasteiger partial charge in [-0.15, -0.1) is 0 Å². The molecule has 0 saturated carbocycles. The SMILES string of the molecule is CCOc1cc(I)cc(C(=O)O)c1C(CCCCCC(=O)O)(C(=O)O)c1c(OCC)cc(I)cc1C(=O)O. The molecule has 0 aliphatic rings. The molecule has 0 atom stereocenters. The van der Waals surface area contributed by atoms with E-state index in [2.05, 4.69) is 0 Å². The van der Waals surface area contributed by atoms with Crippen LogP contribution in [0.25, 0.3) is 0 Å². The minimum Gasteiger partial charge on any atom is -0.493 e. The zero-order valence-corrected chi connectivity index (χ0v) is 25.1. The molecule has 2 aromatic carbocycles. The van der Waals surface area contributed by atoms with E-state index in [9.17, 15) is 34.5 Å². The second-order valence-corrected chi connectivity index (χ2v) is 10.8. The van der Waals surface area contributed by atoms with Crippen LogP contribution in [-0.2, 0) is 15.0 Å². The second-order valence-electron chi connectivity index (χ2n) is 8.29. The molecule has 0 bridgehead atoms. The Morgan fingerprint density at radius 2 is 1.18 bits per heavy atom. The van der Waals surface area contributed by atoms with Gasteiger partial charge in [0, 0.05) is 24.7 Å². The van der Waals surface area contributed by atoms with Crippen LogP contribution in [0.15, 0.2) is 24.3 Å². The molecule has 0 fully saturated rings. The Bertz CT molecular complexity index is 1150. The fourth-order valence-corrected chi connectivity index (χ4v) is 5.65. The summed E-state index contributed by atoms with van der Waals surface area (Å²) >= 11 is 3.80. The summed E-state index contributed by atoms with van der Waals surface area (Å²) in [6.45, 7) is 3.52. The zero-order chi connectivity index (χ0) is 28.6. The second kappa shape index (κ2) is 14.0. The molecule has 12 heteroatoms. The summed E-state index contributed by atoms with van der Waals surface area (Å²) in [5.74, 6) is -5.29. The van der Waals surface area contributed by atoms with Gasteiger partial charge in [0.2, 0.25) is 0 Å². The van der Waals surface area contributed by atoms with E-state index < -0.39 is 29.3 Å². The van der Waals surface area contributed by atoms with Gasteiger partial charge in [-0.05, 0) is 96.1 Å². The molecular weight excluding hydrogens is 726 g/mol. The van der Waals surface area contributed by atoms with Gasteiger partial charge in [0.15, 0.2) is 0 Å². The van der Waals surface area contributed by atoms with Gasteiger partial charge in [0.05, 0.1) is 24.3 Å². The molecule has 0 heterocycles. The lowest BCUT2D eigenvalue weighted by Gasteiger charge is -2.35. The number of benzene rings is 2. The predicted molar refractivity (Wildman–Crippen MR) is 154 cm³/mol. The number of hydrogen-bond donors (Lipinski definition) is 4. The molecule has 2 rings (SSSR count). The van der Waals surface area contributed by atoms with Gasteiger partial charge in [-0.25, -0.2) is 9.59 Å². The number of halogens is 2. The van der Waals surface area contributed by atoms with Crippen LogP contribution >= 0.6 is 45.2 Å². The summed E-state index contributed by atoms with van der Waals surface area (Å²) in [7, 11) is 0. The van der Waals surface area contributed by atoms with Crippen molar-refractivity contribution < 1.29 is 49.1 Å². The highest BCUT2D eigenvalue weighted by molar-refractivity contribution is 14.1. The van der Waals surface area contributed by atoms with Gasteiger partial charge in [0.1, 0.15) is 16.9 Å². The minimum absolute atomic E-state index is 0.00192. The number of hydrogen-bond acceptors (Lipinski definition) is 6. The van der Waals surface area contributed by atoms with E-state index in [0.717, 1.165) is 0 Å². The molecule has 0 amide bonds. The van der Waals surface area contributed by atoms with Crippen LogP contribution in [0, 0.1) is 7.14 Å². The Hall–Kier alpha value is -2.62. The van der Waals surface area contributed by atoms with Crippen molar-refractivity contribution in [3.63, 3.8) is 0 Å². The van der Waals surface area contributed by atoms with Crippen molar-refractivity contribution in [2.75, 3.05) is 13.2 Å². The van der Waals surface area contributed by atoms with Gasteiger partial charge in [-0.3, -0.25) is 9.59 Å². The Labute approximate surface area is 246 Å². The third-order valence-electron chi connectivity index (χ3n) is 5.86. The van der Waals surface area contributed by atoms with Crippen molar-refractivity contribution in [3.8, 4) is 11.5 Å². The van der Waals surface area contributed by atoms with E-state index in [0.29, 0.717) is 13.6 Å². The number of carbonyl (C=O) groups is 4. The number of aromatic carboxylic acids is 2. The number of unbranched alkanes of at least 4 members (excludes halogenated alkanes) is 2. The van der Waals surface area contributed by atoms with Crippen LogP contribution in [-0.4, -0.2) is 57.5 Å². The highest BCUT2D eigenvalue weighted by Gasteiger charge is 2.50. The molecule has 0 saturated heterocycles. The van der Waals surface area contributed by atoms with E-state index in [1.54, 1.807) is 13.8 Å². The van der Waals surface area contributed by atoms with Gasteiger partial charge in [0.25, 0.3) is 0 Å². The van der Waals surface area contributed by atoms with Crippen LogP contribution in [0.3, 0.4) is 0 Å². The lowest BCUT2D eigenvalue weighted by atomic mass is 9.67. The average Bonchev–Trinajstić information content (AvgIpc) is 2.81. The van der Waals surface area contributed by atoms with Crippen molar-refractivity contribution in [3.05, 3.63) is 53.7 Å². The molecule has 0 aromatic heterocycles. The summed E-state index contributed by atoms with van der Waals surface area (Å²) in [6, 6.07) is 5.66. The normalized spacial score (nSPS) is 11.2. The average molecular weight is 754 g/mol. The third kappa shape index (κ3) is 7.07. The third-order valence-corrected chi connectivity index (χ3v) is 7.10. The molecule has 4 N–H and O–H groups in total. The van der Waals surface area contributed by atoms with Crippen molar-refractivity contribution in [1.29, 1.82) is 0 Å². The minimum atomic E-state index is -2.21. The molecule has 0 spiro atoms. The summed E-state index contributed by atoms with van der Waals surface area (Å²) in [6.07, 6.45) is 0.381. The summed E-state index contributed by atoms with van der Waals surface area (Å²) in [5, 5.41) is 40.3. The van der Waals surface area contributed by atoms with Crippen molar-refractivity contribution in [2.45, 2.75) is 51.4 Å². The first kappa shape index (κ1) is 31.6. The first-order valence-electron chi connectivity index (χ1n) is 11.8. The van der Waals surface area contributed by atoms with Crippen LogP contribution in [0.1, 0.15) is 77.8 Å². The molecule has 0 aliphatic heterocycles. The molecule has 0 unspecified atom stereocenters. The van der Waals surface area contributed by atoms with E-state index in [-0.39, 0.29) is 72.6 Å². The molecular formula is C26H28I2O10. The van der Waals surface area contributed by atoms with Crippen LogP contribution in [0.2, 0.25) is 0 Å². The van der Waals surface area contributed by atoms with Gasteiger partial charge >= 0.3 is 23.9 Å². The quantitative estimate of drug-likeness (QED) is 0.135. The van der Waals surface area contributed by atoms with Crippen molar-refractivity contribution >= 4 is 69.1 Å². The first-order chi connectivity index (χ1) is 17.9. The number of ether oxygens (including phenoxy) is 2. The predicted octanol–water partition coefficient (Wildman–Crippen LogP) is 5.50. The molecule has 38 heavy (non-hydrogen) atoms. The molecule has 2 aromatic rings. The fourth-order valence-electron chi connectivity index (χ4n) is 4.46. The van der Waals surface area contributed by atoms with Crippen molar-refractivity contribution in [1.82, 2.24) is 0 Å². The number of rotatable bonds is 15. The lowest BCUT2D eigenvalue weighted by Crippen LogP contribution is -2.41. The van der Waals surface area contributed by atoms with E-state index in [4.69, 9.17) is 14.6 Å². The van der Waals surface area contributed by atoms with Crippen LogP contribution < -0.4 is 9.47 Å². The van der Waals surface area contributed by atoms with Gasteiger partial charge in [-0.1, -0.05) is 12.8 Å². The Balaban J connectivity index is 3.08. The molecule has 0 radical (unpaired) electrons. The van der Waals surface area contributed by atoms with Gasteiger partial charge < -0.3 is 29.9 Å². The smallest absolute Gasteiger partial charge is 0.336 e. The van der Waals surface area contributed by atoms with Crippen molar-refractivity contribution in [2.24, 2.45) is 0 Å². The molecule has 206 valence electrons. The summed E-state index contributed by atoms with van der Waals surface area (Å²) in [4.78, 5) is 49.4. The monoisotopic (exact) mass is 754 g/mol. The molecule has 0 aliphatic carbocycles. The standard InChI is InChI=1S/C26H28I2O10/c1-3-37-18-12-14(27)10-16(23(31)32)21(18)26(25(35)36,9-7-5-6-8-20(29)30)22-17(24(33)34)11-15(28)13-19(22)38-4-2/h10-13H,3-9H2,1-2H3,(H,29,30)(H,31,32)(H,33,34)(H,35,36). The maximum Gasteiger partial charge on any atom is 0.336 e. The van der Waals surface area contributed by atoms with E-state index in [1.807, 2.05) is 45.2 Å². The molecule has 10 nitrogen and oxygen atoms in total. The number of carboxylic acid groups (broad SMARTS) is 4. The largest absolute Gasteiger partial charge is 0.493 e. The van der Waals surface area contributed by atoms with Gasteiger partial charge in [-0.2, -0.15) is 0 Å². The maximum absolute atomic E-state index is 13.4. The Kier molecular flexibility index (Phi) is 11.6. The fraction of sp³-hybridized carbons (Fsp3) is 0.385. The number of carboxylic acids is 4. The first-order valence-corrected chi connectivity index (χ1v) is 13.9. The number of aliphatic carboxylic acids is 2. The van der Waals surface area contributed by atoms with E-state index >= 15 is 0 Å². The van der Waals surface area contributed by atoms with Crippen LogP contribution in [0.4, 0.5) is 0 Å². The zero-order valence-electron chi connectivity index (χ0n) is 20.8. The Morgan fingerprint density at radius 3 is 1.53 bits per heavy atom. The maximum atomic E-state index is 13.4. The summed E-state index contributed by atoms with van der Waals surface area (Å²) in [5.41, 5.74) is -3.28.